The number of hydrogen-bond donors (Lipinski definition) is 2. The van der Waals surface area contributed by atoms with Crippen LogP contribution < -0.4 is 11.3 Å². The summed E-state index contributed by atoms with van der Waals surface area (Å²) < 4.78 is 2.84. The van der Waals surface area contributed by atoms with Crippen LogP contribution in [-0.4, -0.2) is 14.8 Å². The molecule has 0 spiro atoms. The molecule has 0 bridgehead atoms. The maximum atomic E-state index is 5.75. The van der Waals surface area contributed by atoms with Gasteiger partial charge in [0.15, 0.2) is 0 Å². The number of rotatable bonds is 4. The molecule has 5 nitrogen and oxygen atoms in total. The Bertz CT molecular complexity index is 750. The molecule has 0 aliphatic heterocycles. The van der Waals surface area contributed by atoms with Crippen LogP contribution in [0.1, 0.15) is 17.4 Å². The molecule has 0 saturated heterocycles. The van der Waals surface area contributed by atoms with Crippen LogP contribution in [0, 0.1) is 0 Å². The number of halogens is 1. The van der Waals surface area contributed by atoms with Gasteiger partial charge >= 0.3 is 0 Å². The van der Waals surface area contributed by atoms with E-state index in [1.165, 1.54) is 0 Å². The Morgan fingerprint density at radius 3 is 2.81 bits per heavy atom. The number of nitrogens with two attached hydrogens (primary N) is 1. The first-order valence-corrected chi connectivity index (χ1v) is 7.46. The van der Waals surface area contributed by atoms with E-state index in [0.29, 0.717) is 6.42 Å². The molecule has 108 valence electrons. The smallest absolute Gasteiger partial charge is 0.0890 e. The second kappa shape index (κ2) is 5.93. The average molecular weight is 346 g/mol. The predicted octanol–water partition coefficient (Wildman–Crippen LogP) is 2.48. The standard InChI is InChI=1S/C15H16BrN5/c1-21-14-5-3-2-4-12(14)15(20-21)13(19-17)8-11-7-6-10(16)9-18-11/h2-7,9,13,19H,8,17H2,1H3. The van der Waals surface area contributed by atoms with E-state index < -0.39 is 0 Å². The van der Waals surface area contributed by atoms with Crippen molar-refractivity contribution in [3.8, 4) is 0 Å². The van der Waals surface area contributed by atoms with Gasteiger partial charge in [0.1, 0.15) is 0 Å². The fourth-order valence-electron chi connectivity index (χ4n) is 2.47. The molecule has 1 aromatic carbocycles. The number of pyridine rings is 1. The van der Waals surface area contributed by atoms with E-state index in [0.717, 1.165) is 26.8 Å². The molecule has 0 radical (unpaired) electrons. The molecule has 3 aromatic rings. The van der Waals surface area contributed by atoms with E-state index in [2.05, 4.69) is 43.6 Å². The Morgan fingerprint density at radius 2 is 2.10 bits per heavy atom. The molecule has 0 fully saturated rings. The Hall–Kier alpha value is -1.76. The number of nitrogens with zero attached hydrogens (tertiary/aromatic N) is 3. The second-order valence-electron chi connectivity index (χ2n) is 4.92. The third-order valence-electron chi connectivity index (χ3n) is 3.52. The molecule has 1 unspecified atom stereocenters. The number of para-hydroxylation sites is 1. The minimum Gasteiger partial charge on any atom is -0.271 e. The van der Waals surface area contributed by atoms with Crippen molar-refractivity contribution in [1.82, 2.24) is 20.2 Å². The molecule has 3 rings (SSSR count). The molecular weight excluding hydrogens is 330 g/mol. The highest BCUT2D eigenvalue weighted by molar-refractivity contribution is 9.10. The van der Waals surface area contributed by atoms with E-state index in [1.807, 2.05) is 36.0 Å². The highest BCUT2D eigenvalue weighted by Gasteiger charge is 2.18. The van der Waals surface area contributed by atoms with Crippen molar-refractivity contribution in [3.63, 3.8) is 0 Å². The highest BCUT2D eigenvalue weighted by Crippen LogP contribution is 2.25. The summed E-state index contributed by atoms with van der Waals surface area (Å²) in [4.78, 5) is 4.40. The van der Waals surface area contributed by atoms with Gasteiger partial charge in [-0.1, -0.05) is 18.2 Å². The van der Waals surface area contributed by atoms with Crippen LogP contribution in [0.2, 0.25) is 0 Å². The predicted molar refractivity (Wildman–Crippen MR) is 86.4 cm³/mol. The van der Waals surface area contributed by atoms with Crippen molar-refractivity contribution in [1.29, 1.82) is 0 Å². The molecule has 2 heterocycles. The monoisotopic (exact) mass is 345 g/mol. The number of nitrogens with one attached hydrogen (secondary N) is 1. The van der Waals surface area contributed by atoms with Gasteiger partial charge in [0, 0.05) is 35.2 Å². The first-order chi connectivity index (χ1) is 10.2. The van der Waals surface area contributed by atoms with Gasteiger partial charge in [0.25, 0.3) is 0 Å². The lowest BCUT2D eigenvalue weighted by atomic mass is 10.0. The quantitative estimate of drug-likeness (QED) is 0.563. The summed E-state index contributed by atoms with van der Waals surface area (Å²) >= 11 is 3.39. The summed E-state index contributed by atoms with van der Waals surface area (Å²) in [6.45, 7) is 0. The first kappa shape index (κ1) is 14.2. The lowest BCUT2D eigenvalue weighted by Gasteiger charge is -2.13. The zero-order chi connectivity index (χ0) is 14.8. The highest BCUT2D eigenvalue weighted by atomic mass is 79.9. The number of aryl methyl sites for hydroxylation is 1. The Kier molecular flexibility index (Phi) is 4.01. The third kappa shape index (κ3) is 2.83. The number of benzene rings is 1. The number of hydrazine groups is 1. The van der Waals surface area contributed by atoms with Crippen molar-refractivity contribution >= 4 is 26.8 Å². The summed E-state index contributed by atoms with van der Waals surface area (Å²) in [6, 6.07) is 12.0. The Labute approximate surface area is 131 Å². The fraction of sp³-hybridized carbons (Fsp3) is 0.200. The van der Waals surface area contributed by atoms with Crippen molar-refractivity contribution in [2.24, 2.45) is 12.9 Å². The summed E-state index contributed by atoms with van der Waals surface area (Å²) in [5.74, 6) is 5.75. The molecule has 0 aliphatic rings. The second-order valence-corrected chi connectivity index (χ2v) is 5.83. The minimum absolute atomic E-state index is 0.0789. The molecule has 2 aromatic heterocycles. The van der Waals surface area contributed by atoms with Crippen molar-refractivity contribution in [3.05, 3.63) is 58.5 Å². The molecule has 0 saturated carbocycles. The summed E-state index contributed by atoms with van der Waals surface area (Å²) in [5, 5.41) is 5.72. The average Bonchev–Trinajstić information content (AvgIpc) is 2.84. The van der Waals surface area contributed by atoms with Crippen LogP contribution in [0.15, 0.2) is 47.1 Å². The summed E-state index contributed by atoms with van der Waals surface area (Å²) in [6.07, 6.45) is 2.48. The fourth-order valence-corrected chi connectivity index (χ4v) is 2.70. The molecule has 0 aliphatic carbocycles. The molecule has 1 atom stereocenters. The van der Waals surface area contributed by atoms with Gasteiger partial charge < -0.3 is 0 Å². The first-order valence-electron chi connectivity index (χ1n) is 6.67. The maximum Gasteiger partial charge on any atom is 0.0890 e. The van der Waals surface area contributed by atoms with E-state index >= 15 is 0 Å². The Morgan fingerprint density at radius 1 is 1.29 bits per heavy atom. The topological polar surface area (TPSA) is 68.8 Å². The number of hydrogen-bond acceptors (Lipinski definition) is 4. The van der Waals surface area contributed by atoms with Crippen molar-refractivity contribution in [2.45, 2.75) is 12.5 Å². The van der Waals surface area contributed by atoms with Gasteiger partial charge in [-0.05, 0) is 34.1 Å². The lowest BCUT2D eigenvalue weighted by Crippen LogP contribution is -2.30. The van der Waals surface area contributed by atoms with E-state index in [-0.39, 0.29) is 6.04 Å². The Balaban J connectivity index is 1.96. The zero-order valence-corrected chi connectivity index (χ0v) is 13.2. The lowest BCUT2D eigenvalue weighted by molar-refractivity contribution is 0.527. The number of fused-ring (bicyclic) bond motifs is 1. The van der Waals surface area contributed by atoms with Gasteiger partial charge in [0.05, 0.1) is 17.3 Å². The van der Waals surface area contributed by atoms with Gasteiger partial charge in [-0.25, -0.2) is 0 Å². The van der Waals surface area contributed by atoms with Crippen LogP contribution in [0.25, 0.3) is 10.9 Å². The molecular formula is C15H16BrN5. The molecule has 0 amide bonds. The molecule has 21 heavy (non-hydrogen) atoms. The summed E-state index contributed by atoms with van der Waals surface area (Å²) in [5.41, 5.74) is 5.87. The van der Waals surface area contributed by atoms with Crippen LogP contribution >= 0.6 is 15.9 Å². The molecule has 6 heteroatoms. The van der Waals surface area contributed by atoms with Crippen LogP contribution in [-0.2, 0) is 13.5 Å². The van der Waals surface area contributed by atoms with Gasteiger partial charge in [-0.2, -0.15) is 5.10 Å². The van der Waals surface area contributed by atoms with E-state index in [4.69, 9.17) is 5.84 Å². The normalized spacial score (nSPS) is 12.7. The molecule has 3 N–H and O–H groups in total. The van der Waals surface area contributed by atoms with Crippen molar-refractivity contribution in [2.75, 3.05) is 0 Å². The van der Waals surface area contributed by atoms with Gasteiger partial charge in [0.2, 0.25) is 0 Å². The van der Waals surface area contributed by atoms with Gasteiger partial charge in [-0.15, -0.1) is 0 Å². The van der Waals surface area contributed by atoms with E-state index in [9.17, 15) is 0 Å². The van der Waals surface area contributed by atoms with E-state index in [1.54, 1.807) is 6.20 Å². The van der Waals surface area contributed by atoms with Crippen LogP contribution in [0.4, 0.5) is 0 Å². The largest absolute Gasteiger partial charge is 0.271 e. The summed E-state index contributed by atoms with van der Waals surface area (Å²) in [7, 11) is 1.94. The minimum atomic E-state index is -0.0789. The maximum absolute atomic E-state index is 5.75. The third-order valence-corrected chi connectivity index (χ3v) is 3.99. The SMILES string of the molecule is Cn1nc(C(Cc2ccc(Br)cn2)NN)c2ccccc21. The van der Waals surface area contributed by atoms with Crippen LogP contribution in [0.5, 0.6) is 0 Å². The number of aromatic nitrogens is 3. The van der Waals surface area contributed by atoms with Crippen molar-refractivity contribution < 1.29 is 0 Å². The van der Waals surface area contributed by atoms with Crippen LogP contribution in [0.3, 0.4) is 0 Å². The zero-order valence-electron chi connectivity index (χ0n) is 11.6. The van der Waals surface area contributed by atoms with Gasteiger partial charge in [-0.3, -0.25) is 20.9 Å².